The van der Waals surface area contributed by atoms with Crippen LogP contribution >= 0.6 is 15.9 Å². The molecule has 0 spiro atoms. The van der Waals surface area contributed by atoms with Crippen LogP contribution in [0.4, 0.5) is 10.5 Å². The number of hydrogen-bond donors (Lipinski definition) is 1. The molecule has 0 aromatic carbocycles. The maximum atomic E-state index is 11.5. The van der Waals surface area contributed by atoms with E-state index in [1.165, 1.54) is 13.2 Å². The van der Waals surface area contributed by atoms with E-state index in [9.17, 15) is 9.59 Å². The first kappa shape index (κ1) is 14.4. The van der Waals surface area contributed by atoms with Gasteiger partial charge in [0.1, 0.15) is 4.60 Å². The van der Waals surface area contributed by atoms with Gasteiger partial charge in [-0.1, -0.05) is 0 Å². The Morgan fingerprint density at radius 3 is 2.61 bits per heavy atom. The predicted molar refractivity (Wildman–Crippen MR) is 68.5 cm³/mol. The number of carbonyl (C=O) groups is 2. The summed E-state index contributed by atoms with van der Waals surface area (Å²) in [5, 5.41) is 2.44. The summed E-state index contributed by atoms with van der Waals surface area (Å²) in [5.74, 6) is -0.642. The third kappa shape index (κ3) is 3.99. The number of hydrogen-bond acceptors (Lipinski definition) is 5. The summed E-state index contributed by atoms with van der Waals surface area (Å²) < 4.78 is 9.95. The first-order valence-corrected chi connectivity index (χ1v) is 5.96. The summed E-state index contributed by atoms with van der Waals surface area (Å²) in [4.78, 5) is 26.9. The van der Waals surface area contributed by atoms with Gasteiger partial charge in [-0.05, 0) is 41.9 Å². The molecule has 0 saturated heterocycles. The van der Waals surface area contributed by atoms with E-state index in [-0.39, 0.29) is 17.5 Å². The van der Waals surface area contributed by atoms with Crippen LogP contribution in [0, 0.1) is 0 Å². The Balaban J connectivity index is 2.94. The highest BCUT2D eigenvalue weighted by atomic mass is 79.9. The molecule has 0 aliphatic rings. The predicted octanol–water partition coefficient (Wildman–Crippen LogP) is 2.59. The van der Waals surface area contributed by atoms with E-state index in [0.717, 1.165) is 0 Å². The number of aromatic nitrogens is 1. The second kappa shape index (κ2) is 6.34. The molecular weight excluding hydrogens is 304 g/mol. The molecule has 0 atom stereocenters. The van der Waals surface area contributed by atoms with Crippen molar-refractivity contribution in [2.24, 2.45) is 0 Å². The van der Waals surface area contributed by atoms with E-state index in [1.807, 2.05) is 0 Å². The van der Waals surface area contributed by atoms with Crippen LogP contribution in [0.2, 0.25) is 0 Å². The van der Waals surface area contributed by atoms with Crippen LogP contribution in [0.1, 0.15) is 24.3 Å². The lowest BCUT2D eigenvalue weighted by atomic mass is 10.3. The molecule has 6 nitrogen and oxygen atoms in total. The Bertz CT molecular complexity index is 462. The van der Waals surface area contributed by atoms with Gasteiger partial charge in [0.15, 0.2) is 5.69 Å². The fraction of sp³-hybridized carbons (Fsp3) is 0.364. The number of ether oxygens (including phenoxy) is 2. The molecule has 0 radical (unpaired) electrons. The zero-order chi connectivity index (χ0) is 13.7. The van der Waals surface area contributed by atoms with Crippen LogP contribution in [-0.2, 0) is 9.47 Å². The molecule has 7 heteroatoms. The first-order chi connectivity index (χ1) is 8.43. The molecule has 1 aromatic rings. The number of nitrogens with one attached hydrogen (secondary N) is 1. The number of anilines is 1. The van der Waals surface area contributed by atoms with Crippen LogP contribution in [0.5, 0.6) is 0 Å². The molecule has 0 fully saturated rings. The molecular formula is C11H13BrN2O4. The summed E-state index contributed by atoms with van der Waals surface area (Å²) in [5.41, 5.74) is 0.239. The fourth-order valence-corrected chi connectivity index (χ4v) is 1.45. The van der Waals surface area contributed by atoms with Crippen molar-refractivity contribution >= 4 is 33.7 Å². The monoisotopic (exact) mass is 316 g/mol. The number of pyridine rings is 1. The van der Waals surface area contributed by atoms with Gasteiger partial charge in [0, 0.05) is 0 Å². The normalized spacial score (nSPS) is 10.1. The molecule has 1 aromatic heterocycles. The van der Waals surface area contributed by atoms with Gasteiger partial charge in [-0.25, -0.2) is 14.6 Å². The molecule has 0 bridgehead atoms. The minimum Gasteiger partial charge on any atom is -0.464 e. The second-order valence-electron chi connectivity index (χ2n) is 3.60. The van der Waals surface area contributed by atoms with Crippen molar-refractivity contribution in [2.45, 2.75) is 20.0 Å². The third-order valence-corrected chi connectivity index (χ3v) is 2.26. The molecule has 0 aliphatic carbocycles. The Labute approximate surface area is 113 Å². The zero-order valence-corrected chi connectivity index (χ0v) is 11.8. The Hall–Kier alpha value is -1.63. The Morgan fingerprint density at radius 1 is 1.39 bits per heavy atom. The highest BCUT2D eigenvalue weighted by molar-refractivity contribution is 9.10. The Kier molecular flexibility index (Phi) is 5.08. The van der Waals surface area contributed by atoms with E-state index in [4.69, 9.17) is 4.74 Å². The number of methoxy groups -OCH3 is 1. The summed E-state index contributed by atoms with van der Waals surface area (Å²) in [6, 6.07) is 3.13. The summed E-state index contributed by atoms with van der Waals surface area (Å²) in [6.07, 6.45) is -0.908. The Morgan fingerprint density at radius 2 is 2.06 bits per heavy atom. The van der Waals surface area contributed by atoms with Crippen molar-refractivity contribution in [1.29, 1.82) is 0 Å². The van der Waals surface area contributed by atoms with Crippen molar-refractivity contribution < 1.29 is 19.1 Å². The van der Waals surface area contributed by atoms with Gasteiger partial charge in [0.2, 0.25) is 0 Å². The maximum Gasteiger partial charge on any atom is 0.411 e. The topological polar surface area (TPSA) is 77.5 Å². The van der Waals surface area contributed by atoms with Crippen LogP contribution in [-0.4, -0.2) is 30.3 Å². The van der Waals surface area contributed by atoms with E-state index in [1.54, 1.807) is 19.9 Å². The zero-order valence-electron chi connectivity index (χ0n) is 10.2. The minimum absolute atomic E-state index is 0.00702. The smallest absolute Gasteiger partial charge is 0.411 e. The number of rotatable bonds is 3. The molecule has 0 unspecified atom stereocenters. The van der Waals surface area contributed by atoms with Crippen molar-refractivity contribution in [3.8, 4) is 0 Å². The molecule has 1 amide bonds. The number of carbonyl (C=O) groups excluding carboxylic acids is 2. The van der Waals surface area contributed by atoms with Crippen LogP contribution in [0.15, 0.2) is 16.7 Å². The third-order valence-electron chi connectivity index (χ3n) is 1.82. The average molecular weight is 317 g/mol. The highest BCUT2D eigenvalue weighted by Gasteiger charge is 2.17. The van der Waals surface area contributed by atoms with Gasteiger partial charge in [-0.15, -0.1) is 0 Å². The van der Waals surface area contributed by atoms with Gasteiger partial charge in [0.05, 0.1) is 18.9 Å². The van der Waals surface area contributed by atoms with Gasteiger partial charge in [0.25, 0.3) is 0 Å². The van der Waals surface area contributed by atoms with Crippen molar-refractivity contribution in [3.05, 3.63) is 22.4 Å². The number of amides is 1. The molecule has 0 saturated carbocycles. The van der Waals surface area contributed by atoms with Crippen LogP contribution in [0.3, 0.4) is 0 Å². The molecule has 0 aliphatic heterocycles. The van der Waals surface area contributed by atoms with Gasteiger partial charge in [-0.3, -0.25) is 5.32 Å². The minimum atomic E-state index is -0.653. The van der Waals surface area contributed by atoms with E-state index in [0.29, 0.717) is 4.60 Å². The maximum absolute atomic E-state index is 11.5. The largest absolute Gasteiger partial charge is 0.464 e. The van der Waals surface area contributed by atoms with E-state index in [2.05, 4.69) is 31.0 Å². The van der Waals surface area contributed by atoms with Crippen LogP contribution in [0.25, 0.3) is 0 Å². The van der Waals surface area contributed by atoms with Gasteiger partial charge >= 0.3 is 12.1 Å². The molecule has 98 valence electrons. The number of esters is 1. The van der Waals surface area contributed by atoms with Crippen molar-refractivity contribution in [1.82, 2.24) is 4.98 Å². The molecule has 1 heterocycles. The lowest BCUT2D eigenvalue weighted by Gasteiger charge is -2.11. The standard InChI is InChI=1S/C11H13BrN2O4/c1-6(2)18-11(16)13-7-4-5-8(12)14-9(7)10(15)17-3/h4-6H,1-3H3,(H,13,16). The lowest BCUT2D eigenvalue weighted by Crippen LogP contribution is -2.20. The van der Waals surface area contributed by atoms with Gasteiger partial charge < -0.3 is 9.47 Å². The lowest BCUT2D eigenvalue weighted by molar-refractivity contribution is 0.0595. The summed E-state index contributed by atoms with van der Waals surface area (Å²) in [7, 11) is 1.24. The second-order valence-corrected chi connectivity index (χ2v) is 4.41. The highest BCUT2D eigenvalue weighted by Crippen LogP contribution is 2.18. The number of nitrogens with zero attached hydrogens (tertiary/aromatic N) is 1. The van der Waals surface area contributed by atoms with Crippen molar-refractivity contribution in [2.75, 3.05) is 12.4 Å². The molecule has 1 N–H and O–H groups in total. The average Bonchev–Trinajstić information content (AvgIpc) is 2.29. The summed E-state index contributed by atoms with van der Waals surface area (Å²) in [6.45, 7) is 3.45. The van der Waals surface area contributed by atoms with Crippen molar-refractivity contribution in [3.63, 3.8) is 0 Å². The molecule has 18 heavy (non-hydrogen) atoms. The van der Waals surface area contributed by atoms with Gasteiger partial charge in [-0.2, -0.15) is 0 Å². The van der Waals surface area contributed by atoms with E-state index < -0.39 is 12.1 Å². The first-order valence-electron chi connectivity index (χ1n) is 5.16. The van der Waals surface area contributed by atoms with E-state index >= 15 is 0 Å². The SMILES string of the molecule is COC(=O)c1nc(Br)ccc1NC(=O)OC(C)C. The quantitative estimate of drug-likeness (QED) is 0.685. The fourth-order valence-electron chi connectivity index (χ4n) is 1.14. The molecule has 1 rings (SSSR count). The number of halogens is 1. The summed E-state index contributed by atoms with van der Waals surface area (Å²) >= 11 is 3.14. The van der Waals surface area contributed by atoms with Crippen LogP contribution < -0.4 is 5.32 Å².